The molecule has 1 N–H and O–H groups in total. The highest BCUT2D eigenvalue weighted by molar-refractivity contribution is 6.35. The fraction of sp³-hybridized carbons (Fsp3) is 0. The van der Waals surface area contributed by atoms with Crippen molar-refractivity contribution in [2.45, 2.75) is 0 Å². The van der Waals surface area contributed by atoms with Crippen molar-refractivity contribution in [1.29, 1.82) is 0 Å². The number of halogens is 2. The van der Waals surface area contributed by atoms with Gasteiger partial charge in [-0.3, -0.25) is 35.1 Å². The van der Waals surface area contributed by atoms with Gasteiger partial charge in [0.2, 0.25) is 0 Å². The van der Waals surface area contributed by atoms with E-state index in [-0.39, 0.29) is 10.7 Å². The lowest BCUT2D eigenvalue weighted by molar-refractivity contribution is -0.393. The molecule has 0 aliphatic carbocycles. The van der Waals surface area contributed by atoms with Crippen molar-refractivity contribution in [1.82, 2.24) is 0 Å². The van der Waals surface area contributed by atoms with Crippen LogP contribution in [0.3, 0.4) is 0 Å². The minimum absolute atomic E-state index is 0.0358. The van der Waals surface area contributed by atoms with Crippen molar-refractivity contribution in [2.75, 3.05) is 5.32 Å². The molecular weight excluding hydrogens is 395 g/mol. The zero-order valence-corrected chi connectivity index (χ0v) is 13.9. The van der Waals surface area contributed by atoms with Crippen molar-refractivity contribution >= 4 is 51.9 Å². The second kappa shape index (κ2) is 7.29. The highest BCUT2D eigenvalue weighted by Crippen LogP contribution is 2.35. The summed E-state index contributed by atoms with van der Waals surface area (Å²) in [6.45, 7) is 0. The number of carbonyl (C=O) groups excluding carboxylic acids is 1. The van der Waals surface area contributed by atoms with Crippen LogP contribution < -0.4 is 5.32 Å². The standard InChI is InChI=1S/C13H6Cl2N4O7/c14-8-2-1-7(5-9(8)17(21)22)16-13(20)6-3-10(18(23)24)12(15)11(4-6)19(25)26/h1-5H,(H,16,20). The van der Waals surface area contributed by atoms with Crippen LogP contribution in [0.4, 0.5) is 22.7 Å². The van der Waals surface area contributed by atoms with Gasteiger partial charge < -0.3 is 5.32 Å². The number of benzene rings is 2. The molecule has 26 heavy (non-hydrogen) atoms. The van der Waals surface area contributed by atoms with E-state index in [0.29, 0.717) is 0 Å². The summed E-state index contributed by atoms with van der Waals surface area (Å²) in [7, 11) is 0. The van der Waals surface area contributed by atoms with E-state index >= 15 is 0 Å². The molecule has 134 valence electrons. The summed E-state index contributed by atoms with van der Waals surface area (Å²) in [5, 5.41) is 34.1. The largest absolute Gasteiger partial charge is 0.322 e. The number of rotatable bonds is 5. The number of hydrogen-bond donors (Lipinski definition) is 1. The molecule has 2 aromatic rings. The summed E-state index contributed by atoms with van der Waals surface area (Å²) in [4.78, 5) is 42.3. The Hall–Kier alpha value is -3.31. The third-order valence-corrected chi connectivity index (χ3v) is 3.80. The summed E-state index contributed by atoms with van der Waals surface area (Å²) in [6, 6.07) is 4.91. The Morgan fingerprint density at radius 2 is 1.35 bits per heavy atom. The smallest absolute Gasteiger partial charge is 0.295 e. The Kier molecular flexibility index (Phi) is 5.33. The summed E-state index contributed by atoms with van der Waals surface area (Å²) >= 11 is 11.3. The second-order valence-corrected chi connectivity index (χ2v) is 5.51. The molecule has 0 bridgehead atoms. The number of nitro groups is 3. The summed E-state index contributed by atoms with van der Waals surface area (Å²) < 4.78 is 0. The maximum atomic E-state index is 12.2. The predicted molar refractivity (Wildman–Crippen MR) is 90.8 cm³/mol. The molecule has 13 heteroatoms. The summed E-state index contributed by atoms with van der Waals surface area (Å²) in [6.07, 6.45) is 0. The van der Waals surface area contributed by atoms with Crippen LogP contribution in [0.5, 0.6) is 0 Å². The quantitative estimate of drug-likeness (QED) is 0.586. The van der Waals surface area contributed by atoms with Crippen LogP contribution in [0.1, 0.15) is 10.4 Å². The number of anilines is 1. The first-order chi connectivity index (χ1) is 12.1. The lowest BCUT2D eigenvalue weighted by atomic mass is 10.1. The molecule has 0 saturated carbocycles. The number of hydrogen-bond acceptors (Lipinski definition) is 7. The molecule has 1 amide bonds. The molecule has 0 heterocycles. The van der Waals surface area contributed by atoms with Crippen LogP contribution in [-0.2, 0) is 0 Å². The number of nitro benzene ring substituents is 3. The first-order valence-electron chi connectivity index (χ1n) is 6.49. The SMILES string of the molecule is O=C(Nc1ccc(Cl)c([N+](=O)[O-])c1)c1cc([N+](=O)[O-])c(Cl)c([N+](=O)[O-])c1. The van der Waals surface area contributed by atoms with Gasteiger partial charge >= 0.3 is 0 Å². The van der Waals surface area contributed by atoms with Crippen molar-refractivity contribution in [3.8, 4) is 0 Å². The van der Waals surface area contributed by atoms with E-state index in [4.69, 9.17) is 23.2 Å². The van der Waals surface area contributed by atoms with Gasteiger partial charge in [0.1, 0.15) is 5.02 Å². The van der Waals surface area contributed by atoms with E-state index in [0.717, 1.165) is 18.2 Å². The third-order valence-electron chi connectivity index (χ3n) is 3.09. The van der Waals surface area contributed by atoms with Gasteiger partial charge in [-0.25, -0.2) is 0 Å². The minimum atomic E-state index is -0.973. The second-order valence-electron chi connectivity index (χ2n) is 4.72. The molecule has 2 aromatic carbocycles. The van der Waals surface area contributed by atoms with Gasteiger partial charge in [-0.1, -0.05) is 23.2 Å². The number of nitrogens with zero attached hydrogens (tertiary/aromatic N) is 3. The molecule has 2 rings (SSSR count). The van der Waals surface area contributed by atoms with Crippen molar-refractivity contribution in [3.63, 3.8) is 0 Å². The molecule has 0 aliphatic rings. The van der Waals surface area contributed by atoms with Crippen molar-refractivity contribution in [2.24, 2.45) is 0 Å². The van der Waals surface area contributed by atoms with Crippen LogP contribution >= 0.6 is 23.2 Å². The summed E-state index contributed by atoms with van der Waals surface area (Å²) in [5.41, 5.74) is -2.59. The fourth-order valence-electron chi connectivity index (χ4n) is 1.92. The average molecular weight is 401 g/mol. The van der Waals surface area contributed by atoms with E-state index in [1.54, 1.807) is 0 Å². The fourth-order valence-corrected chi connectivity index (χ4v) is 2.36. The maximum absolute atomic E-state index is 12.2. The van der Waals surface area contributed by atoms with Crippen molar-refractivity contribution < 1.29 is 19.6 Å². The lowest BCUT2D eigenvalue weighted by Gasteiger charge is -2.07. The Balaban J connectivity index is 2.44. The Morgan fingerprint density at radius 1 is 0.846 bits per heavy atom. The molecule has 0 unspecified atom stereocenters. The Bertz CT molecular complexity index is 928. The number of amides is 1. The van der Waals surface area contributed by atoms with Gasteiger partial charge in [0.05, 0.1) is 20.3 Å². The zero-order chi connectivity index (χ0) is 19.6. The van der Waals surface area contributed by atoms with E-state index in [1.807, 2.05) is 0 Å². The average Bonchev–Trinajstić information content (AvgIpc) is 2.55. The van der Waals surface area contributed by atoms with Gasteiger partial charge in [0.15, 0.2) is 5.02 Å². The van der Waals surface area contributed by atoms with Gasteiger partial charge in [0, 0.05) is 23.9 Å². The Labute approximate surface area is 153 Å². The number of carbonyl (C=O) groups is 1. The van der Waals surface area contributed by atoms with Gasteiger partial charge in [0.25, 0.3) is 23.0 Å². The minimum Gasteiger partial charge on any atom is -0.322 e. The zero-order valence-electron chi connectivity index (χ0n) is 12.3. The summed E-state index contributed by atoms with van der Waals surface area (Å²) in [5.74, 6) is -0.968. The Morgan fingerprint density at radius 3 is 1.81 bits per heavy atom. The highest BCUT2D eigenvalue weighted by atomic mass is 35.5. The molecular formula is C13H6Cl2N4O7. The number of nitrogens with one attached hydrogen (secondary N) is 1. The lowest BCUT2D eigenvalue weighted by Crippen LogP contribution is -2.13. The van der Waals surface area contributed by atoms with Crippen LogP contribution in [0.15, 0.2) is 30.3 Å². The first kappa shape index (κ1) is 19.0. The molecule has 0 saturated heterocycles. The molecule has 0 fully saturated rings. The molecule has 0 aliphatic heterocycles. The highest BCUT2D eigenvalue weighted by Gasteiger charge is 2.27. The molecule has 0 aromatic heterocycles. The van der Waals surface area contributed by atoms with Gasteiger partial charge in [-0.05, 0) is 12.1 Å². The van der Waals surface area contributed by atoms with Crippen LogP contribution in [0, 0.1) is 30.3 Å². The van der Waals surface area contributed by atoms with Gasteiger partial charge in [-0.2, -0.15) is 0 Å². The molecule has 11 nitrogen and oxygen atoms in total. The monoisotopic (exact) mass is 400 g/mol. The van der Waals surface area contributed by atoms with Gasteiger partial charge in [-0.15, -0.1) is 0 Å². The van der Waals surface area contributed by atoms with Crippen LogP contribution in [0.2, 0.25) is 10.0 Å². The predicted octanol–water partition coefficient (Wildman–Crippen LogP) is 3.97. The topological polar surface area (TPSA) is 159 Å². The normalized spacial score (nSPS) is 10.2. The van der Waals surface area contributed by atoms with E-state index < -0.39 is 48.3 Å². The maximum Gasteiger partial charge on any atom is 0.295 e. The van der Waals surface area contributed by atoms with E-state index in [9.17, 15) is 35.1 Å². The van der Waals surface area contributed by atoms with Crippen LogP contribution in [0.25, 0.3) is 0 Å². The molecule has 0 atom stereocenters. The van der Waals surface area contributed by atoms with Crippen LogP contribution in [-0.4, -0.2) is 20.7 Å². The van der Waals surface area contributed by atoms with E-state index in [1.165, 1.54) is 12.1 Å². The van der Waals surface area contributed by atoms with Crippen molar-refractivity contribution in [3.05, 3.63) is 76.3 Å². The first-order valence-corrected chi connectivity index (χ1v) is 7.25. The van der Waals surface area contributed by atoms with E-state index in [2.05, 4.69) is 5.32 Å². The molecule has 0 spiro atoms. The molecule has 0 radical (unpaired) electrons. The third kappa shape index (κ3) is 3.84.